The lowest BCUT2D eigenvalue weighted by atomic mass is 10.1. The molecule has 0 fully saturated rings. The molecule has 2 aromatic heterocycles. The van der Waals surface area contributed by atoms with Crippen LogP contribution < -0.4 is 10.2 Å². The van der Waals surface area contributed by atoms with E-state index in [0.29, 0.717) is 30.4 Å². The number of hydrogen-bond acceptors (Lipinski definition) is 4. The summed E-state index contributed by atoms with van der Waals surface area (Å²) >= 11 is 8.34. The number of nitrogens with zero attached hydrogens (tertiary/aromatic N) is 3. The van der Waals surface area contributed by atoms with Gasteiger partial charge >= 0.3 is 0 Å². The molecule has 0 radical (unpaired) electrons. The Labute approximate surface area is 152 Å². The van der Waals surface area contributed by atoms with Gasteiger partial charge in [0.2, 0.25) is 0 Å². The number of nitrogens with one attached hydrogen (secondary N) is 1. The van der Waals surface area contributed by atoms with Crippen molar-refractivity contribution < 1.29 is 4.79 Å². The zero-order valence-electron chi connectivity index (χ0n) is 12.2. The maximum atomic E-state index is 12.3. The summed E-state index contributed by atoms with van der Waals surface area (Å²) in [5.41, 5.74) is 0.758. The quantitative estimate of drug-likeness (QED) is 0.742. The molecule has 118 valence electrons. The summed E-state index contributed by atoms with van der Waals surface area (Å²) in [5, 5.41) is 3.45. The fourth-order valence-electron chi connectivity index (χ4n) is 2.32. The zero-order valence-corrected chi connectivity index (χ0v) is 15.1. The highest BCUT2D eigenvalue weighted by atomic mass is 127. The molecule has 23 heavy (non-hydrogen) atoms. The van der Waals surface area contributed by atoms with Crippen LogP contribution in [0.15, 0.2) is 48.3 Å². The second kappa shape index (κ2) is 7.27. The molecule has 1 amide bonds. The molecule has 3 heterocycles. The average molecular weight is 441 g/mol. The number of pyridine rings is 2. The molecule has 2 aromatic rings. The lowest BCUT2D eigenvalue weighted by molar-refractivity contribution is -0.113. The summed E-state index contributed by atoms with van der Waals surface area (Å²) in [6.07, 6.45) is 5.99. The molecule has 7 heteroatoms. The fourth-order valence-corrected chi connectivity index (χ4v) is 2.88. The van der Waals surface area contributed by atoms with Gasteiger partial charge in [0.05, 0.1) is 5.02 Å². The Kier molecular flexibility index (Phi) is 5.12. The second-order valence-corrected chi connectivity index (χ2v) is 6.70. The van der Waals surface area contributed by atoms with Crippen LogP contribution >= 0.6 is 34.2 Å². The van der Waals surface area contributed by atoms with Gasteiger partial charge in [0.15, 0.2) is 0 Å². The lowest BCUT2D eigenvalue weighted by Crippen LogP contribution is -2.32. The Morgan fingerprint density at radius 1 is 1.30 bits per heavy atom. The molecule has 1 aliphatic rings. The van der Waals surface area contributed by atoms with Gasteiger partial charge in [-0.3, -0.25) is 4.79 Å². The first kappa shape index (κ1) is 16.2. The molecular formula is C16H14ClIN4O. The third-order valence-electron chi connectivity index (χ3n) is 3.51. The smallest absolute Gasteiger partial charge is 0.252 e. The molecular weight excluding hydrogens is 427 g/mol. The minimum atomic E-state index is -0.106. The molecule has 3 rings (SSSR count). The van der Waals surface area contributed by atoms with Crippen LogP contribution in [0.3, 0.4) is 0 Å². The maximum absolute atomic E-state index is 12.3. The minimum absolute atomic E-state index is 0.106. The molecule has 1 aliphatic heterocycles. The van der Waals surface area contributed by atoms with Crippen LogP contribution in [0.4, 0.5) is 11.6 Å². The highest BCUT2D eigenvalue weighted by molar-refractivity contribution is 14.1. The van der Waals surface area contributed by atoms with E-state index in [-0.39, 0.29) is 5.91 Å². The number of amides is 1. The fraction of sp³-hybridized carbons (Fsp3) is 0.188. The number of carbonyl (C=O) groups is 1. The molecule has 0 saturated heterocycles. The van der Waals surface area contributed by atoms with Crippen molar-refractivity contribution in [3.8, 4) is 0 Å². The first-order valence-electron chi connectivity index (χ1n) is 7.11. The van der Waals surface area contributed by atoms with Crippen LogP contribution in [-0.4, -0.2) is 29.0 Å². The number of hydrogen-bond donors (Lipinski definition) is 1. The highest BCUT2D eigenvalue weighted by Crippen LogP contribution is 2.25. The third kappa shape index (κ3) is 4.00. The summed E-state index contributed by atoms with van der Waals surface area (Å²) in [6, 6.07) is 7.32. The minimum Gasteiger partial charge on any atom is -0.351 e. The van der Waals surface area contributed by atoms with Crippen molar-refractivity contribution in [1.82, 2.24) is 9.97 Å². The summed E-state index contributed by atoms with van der Waals surface area (Å²) in [6.45, 7) is 1.32. The SMILES string of the molecule is O=C(Nc1ccc(I)cn1)C1=CCN(c2ncccc2Cl)CC1. The summed E-state index contributed by atoms with van der Waals surface area (Å²) in [4.78, 5) is 22.8. The Hall–Kier alpha value is -1.67. The Bertz CT molecular complexity index is 748. The van der Waals surface area contributed by atoms with E-state index in [2.05, 4.69) is 42.8 Å². The van der Waals surface area contributed by atoms with Gasteiger partial charge in [0.1, 0.15) is 11.6 Å². The summed E-state index contributed by atoms with van der Waals surface area (Å²) in [7, 11) is 0. The number of rotatable bonds is 3. The van der Waals surface area contributed by atoms with E-state index in [1.54, 1.807) is 24.5 Å². The van der Waals surface area contributed by atoms with Crippen molar-refractivity contribution in [1.29, 1.82) is 0 Å². The van der Waals surface area contributed by atoms with Crippen LogP contribution in [0.5, 0.6) is 0 Å². The predicted molar refractivity (Wildman–Crippen MR) is 99.7 cm³/mol. The van der Waals surface area contributed by atoms with Crippen LogP contribution in [0.2, 0.25) is 5.02 Å². The zero-order chi connectivity index (χ0) is 16.2. The Balaban J connectivity index is 1.65. The van der Waals surface area contributed by atoms with Gasteiger partial charge in [0.25, 0.3) is 5.91 Å². The van der Waals surface area contributed by atoms with Crippen molar-refractivity contribution in [3.63, 3.8) is 0 Å². The van der Waals surface area contributed by atoms with Crippen molar-refractivity contribution in [2.24, 2.45) is 0 Å². The molecule has 0 bridgehead atoms. The van der Waals surface area contributed by atoms with E-state index in [1.165, 1.54) is 0 Å². The van der Waals surface area contributed by atoms with E-state index >= 15 is 0 Å². The first-order valence-corrected chi connectivity index (χ1v) is 8.56. The molecule has 0 spiro atoms. The van der Waals surface area contributed by atoms with Gasteiger partial charge < -0.3 is 10.2 Å². The van der Waals surface area contributed by atoms with Crippen molar-refractivity contribution in [2.75, 3.05) is 23.3 Å². The number of anilines is 2. The molecule has 0 unspecified atom stereocenters. The summed E-state index contributed by atoms with van der Waals surface area (Å²) in [5.74, 6) is 1.21. The molecule has 5 nitrogen and oxygen atoms in total. The average Bonchev–Trinajstić information content (AvgIpc) is 2.57. The van der Waals surface area contributed by atoms with E-state index in [9.17, 15) is 4.79 Å². The molecule has 0 aliphatic carbocycles. The van der Waals surface area contributed by atoms with Crippen molar-refractivity contribution >= 4 is 51.7 Å². The summed E-state index contributed by atoms with van der Waals surface area (Å²) < 4.78 is 1.03. The highest BCUT2D eigenvalue weighted by Gasteiger charge is 2.19. The number of halogens is 2. The van der Waals surface area contributed by atoms with Gasteiger partial charge in [0, 0.05) is 34.6 Å². The molecule has 0 atom stereocenters. The normalized spacial score (nSPS) is 14.3. The Morgan fingerprint density at radius 2 is 2.17 bits per heavy atom. The number of carbonyl (C=O) groups excluding carboxylic acids is 1. The largest absolute Gasteiger partial charge is 0.351 e. The molecule has 1 N–H and O–H groups in total. The van der Waals surface area contributed by atoms with Gasteiger partial charge in [-0.15, -0.1) is 0 Å². The van der Waals surface area contributed by atoms with Crippen LogP contribution in [0, 0.1) is 3.57 Å². The lowest BCUT2D eigenvalue weighted by Gasteiger charge is -2.27. The van der Waals surface area contributed by atoms with E-state index in [4.69, 9.17) is 11.6 Å². The van der Waals surface area contributed by atoms with Gasteiger partial charge in [-0.1, -0.05) is 17.7 Å². The second-order valence-electron chi connectivity index (χ2n) is 5.05. The van der Waals surface area contributed by atoms with Crippen molar-refractivity contribution in [2.45, 2.75) is 6.42 Å². The van der Waals surface area contributed by atoms with Crippen LogP contribution in [-0.2, 0) is 4.79 Å². The predicted octanol–water partition coefficient (Wildman–Crippen LogP) is 3.51. The monoisotopic (exact) mass is 440 g/mol. The molecule has 0 aromatic carbocycles. The maximum Gasteiger partial charge on any atom is 0.252 e. The third-order valence-corrected chi connectivity index (χ3v) is 4.44. The van der Waals surface area contributed by atoms with Gasteiger partial charge in [-0.05, 0) is 53.3 Å². The standard InChI is InChI=1S/C16H14ClIN4O/c17-13-2-1-7-19-15(13)22-8-5-11(6-9-22)16(23)21-14-4-3-12(18)10-20-14/h1-5,7,10H,6,8-9H2,(H,20,21,23). The van der Waals surface area contributed by atoms with Crippen LogP contribution in [0.1, 0.15) is 6.42 Å². The van der Waals surface area contributed by atoms with Gasteiger partial charge in [-0.25, -0.2) is 9.97 Å². The first-order chi connectivity index (χ1) is 11.1. The van der Waals surface area contributed by atoms with Crippen molar-refractivity contribution in [3.05, 3.63) is 56.9 Å². The van der Waals surface area contributed by atoms with Crippen LogP contribution in [0.25, 0.3) is 0 Å². The Morgan fingerprint density at radius 3 is 2.83 bits per heavy atom. The number of aromatic nitrogens is 2. The van der Waals surface area contributed by atoms with E-state index in [0.717, 1.165) is 15.0 Å². The molecule has 0 saturated carbocycles. The topological polar surface area (TPSA) is 58.1 Å². The van der Waals surface area contributed by atoms with E-state index in [1.807, 2.05) is 18.2 Å². The van der Waals surface area contributed by atoms with E-state index < -0.39 is 0 Å². The van der Waals surface area contributed by atoms with Gasteiger partial charge in [-0.2, -0.15) is 0 Å².